The minimum Gasteiger partial charge on any atom is -0.493 e. The Morgan fingerprint density at radius 1 is 1.10 bits per heavy atom. The number of ether oxygens (including phenoxy) is 1. The second-order valence-corrected chi connectivity index (χ2v) is 7.76. The number of halogens is 1. The molecule has 1 aliphatic heterocycles. The normalized spacial score (nSPS) is 14.6. The van der Waals surface area contributed by atoms with Gasteiger partial charge in [-0.1, -0.05) is 24.3 Å². The number of fused-ring (bicyclic) bond motifs is 1. The molecule has 0 bridgehead atoms. The van der Waals surface area contributed by atoms with Crippen molar-refractivity contribution in [1.29, 1.82) is 0 Å². The lowest BCUT2D eigenvalue weighted by molar-refractivity contribution is 0.293. The van der Waals surface area contributed by atoms with Gasteiger partial charge >= 0.3 is 0 Å². The predicted molar refractivity (Wildman–Crippen MR) is 120 cm³/mol. The quantitative estimate of drug-likeness (QED) is 0.406. The van der Waals surface area contributed by atoms with Gasteiger partial charge in [0.1, 0.15) is 11.5 Å². The van der Waals surface area contributed by atoms with E-state index >= 15 is 0 Å². The van der Waals surface area contributed by atoms with Crippen molar-refractivity contribution in [3.8, 4) is 17.2 Å². The molecule has 0 saturated carbocycles. The molecule has 4 aromatic rings. The van der Waals surface area contributed by atoms with Crippen LogP contribution in [0.5, 0.6) is 5.75 Å². The summed E-state index contributed by atoms with van der Waals surface area (Å²) in [7, 11) is 1.67. The van der Waals surface area contributed by atoms with Crippen LogP contribution in [0.1, 0.15) is 17.5 Å². The van der Waals surface area contributed by atoms with Crippen LogP contribution >= 0.6 is 0 Å². The zero-order valence-corrected chi connectivity index (χ0v) is 17.3. The molecule has 0 atom stereocenters. The predicted octanol–water partition coefficient (Wildman–Crippen LogP) is 5.93. The SMILES string of the molecule is COc1cc(CN2CC=C(c3ccc(F)cc3)CC2)cc2cc(-c3ccccn3)oc12. The van der Waals surface area contributed by atoms with E-state index in [1.165, 1.54) is 23.3 Å². The zero-order valence-electron chi connectivity index (χ0n) is 17.3. The van der Waals surface area contributed by atoms with Gasteiger partial charge in [0, 0.05) is 31.2 Å². The molecule has 0 amide bonds. The third kappa shape index (κ3) is 4.09. The number of hydrogen-bond acceptors (Lipinski definition) is 4. The number of rotatable bonds is 5. The molecule has 2 aromatic heterocycles. The molecule has 0 saturated heterocycles. The van der Waals surface area contributed by atoms with Crippen molar-refractivity contribution in [1.82, 2.24) is 9.88 Å². The average molecular weight is 414 g/mol. The highest BCUT2D eigenvalue weighted by atomic mass is 19.1. The molecule has 156 valence electrons. The first-order chi connectivity index (χ1) is 15.2. The third-order valence-corrected chi connectivity index (χ3v) is 5.69. The second-order valence-electron chi connectivity index (χ2n) is 7.76. The van der Waals surface area contributed by atoms with Crippen LogP contribution in [-0.2, 0) is 6.54 Å². The fourth-order valence-corrected chi connectivity index (χ4v) is 4.10. The Labute approximate surface area is 180 Å². The smallest absolute Gasteiger partial charge is 0.176 e. The standard InChI is InChI=1S/C26H23FN2O2/c1-30-25-15-18(14-21-16-24(31-26(21)25)23-4-2-3-11-28-23)17-29-12-9-20(10-13-29)19-5-7-22(27)8-6-19/h2-9,11,14-16H,10,12-13,17H2,1H3. The second kappa shape index (κ2) is 8.36. The summed E-state index contributed by atoms with van der Waals surface area (Å²) >= 11 is 0. The summed E-state index contributed by atoms with van der Waals surface area (Å²) < 4.78 is 24.9. The molecule has 3 heterocycles. The lowest BCUT2D eigenvalue weighted by Gasteiger charge is -2.26. The van der Waals surface area contributed by atoms with Crippen molar-refractivity contribution in [3.63, 3.8) is 0 Å². The minimum atomic E-state index is -0.198. The largest absolute Gasteiger partial charge is 0.493 e. The van der Waals surface area contributed by atoms with Crippen LogP contribution in [-0.4, -0.2) is 30.1 Å². The molecule has 5 rings (SSSR count). The van der Waals surface area contributed by atoms with Crippen LogP contribution in [0.15, 0.2) is 77.4 Å². The molecule has 0 radical (unpaired) electrons. The molecular formula is C26H23FN2O2. The summed E-state index contributed by atoms with van der Waals surface area (Å²) in [6, 6.07) is 18.8. The van der Waals surface area contributed by atoms with Crippen LogP contribution in [0.25, 0.3) is 28.0 Å². The van der Waals surface area contributed by atoms with E-state index in [2.05, 4.69) is 22.0 Å². The van der Waals surface area contributed by atoms with E-state index in [-0.39, 0.29) is 5.82 Å². The first-order valence-corrected chi connectivity index (χ1v) is 10.4. The average Bonchev–Trinajstić information content (AvgIpc) is 3.24. The number of nitrogens with zero attached hydrogens (tertiary/aromatic N) is 2. The Morgan fingerprint density at radius 2 is 1.97 bits per heavy atom. The molecule has 4 nitrogen and oxygen atoms in total. The maximum atomic E-state index is 13.2. The number of methoxy groups -OCH3 is 1. The first-order valence-electron chi connectivity index (χ1n) is 10.4. The lowest BCUT2D eigenvalue weighted by atomic mass is 9.99. The Bertz CT molecular complexity index is 1230. The number of pyridine rings is 1. The molecular weight excluding hydrogens is 391 g/mol. The Kier molecular flexibility index (Phi) is 5.26. The Hall–Kier alpha value is -3.44. The van der Waals surface area contributed by atoms with Crippen molar-refractivity contribution in [2.75, 3.05) is 20.2 Å². The van der Waals surface area contributed by atoms with Crippen LogP contribution in [0.4, 0.5) is 4.39 Å². The monoisotopic (exact) mass is 414 g/mol. The number of hydrogen-bond donors (Lipinski definition) is 0. The van der Waals surface area contributed by atoms with Crippen LogP contribution in [0, 0.1) is 5.82 Å². The van der Waals surface area contributed by atoms with E-state index in [0.717, 1.165) is 59.8 Å². The van der Waals surface area contributed by atoms with Gasteiger partial charge in [0.15, 0.2) is 17.1 Å². The fourth-order valence-electron chi connectivity index (χ4n) is 4.10. The van der Waals surface area contributed by atoms with Gasteiger partial charge in [0.05, 0.1) is 7.11 Å². The van der Waals surface area contributed by atoms with Crippen LogP contribution in [0.2, 0.25) is 0 Å². The summed E-state index contributed by atoms with van der Waals surface area (Å²) in [5.41, 5.74) is 5.10. The lowest BCUT2D eigenvalue weighted by Crippen LogP contribution is -2.28. The third-order valence-electron chi connectivity index (χ3n) is 5.69. The van der Waals surface area contributed by atoms with Crippen molar-refractivity contribution < 1.29 is 13.5 Å². The zero-order chi connectivity index (χ0) is 21.2. The van der Waals surface area contributed by atoms with Crippen molar-refractivity contribution in [3.05, 3.63) is 89.9 Å². The molecule has 0 aliphatic carbocycles. The number of furan rings is 1. The maximum Gasteiger partial charge on any atom is 0.176 e. The minimum absolute atomic E-state index is 0.198. The van der Waals surface area contributed by atoms with Crippen LogP contribution in [0.3, 0.4) is 0 Å². The maximum absolute atomic E-state index is 13.2. The Balaban J connectivity index is 1.36. The highest BCUT2D eigenvalue weighted by molar-refractivity contribution is 5.87. The molecule has 5 heteroatoms. The van der Waals surface area contributed by atoms with Gasteiger partial charge < -0.3 is 9.15 Å². The van der Waals surface area contributed by atoms with Crippen molar-refractivity contribution >= 4 is 16.5 Å². The first kappa shape index (κ1) is 19.5. The van der Waals surface area contributed by atoms with Gasteiger partial charge in [0.25, 0.3) is 0 Å². The fraction of sp³-hybridized carbons (Fsp3) is 0.192. The molecule has 0 fully saturated rings. The Morgan fingerprint density at radius 3 is 2.68 bits per heavy atom. The van der Waals surface area contributed by atoms with Gasteiger partial charge in [-0.05, 0) is 65.6 Å². The summed E-state index contributed by atoms with van der Waals surface area (Å²) in [5.74, 6) is 1.27. The van der Waals surface area contributed by atoms with E-state index < -0.39 is 0 Å². The summed E-state index contributed by atoms with van der Waals surface area (Å²) in [6.45, 7) is 2.63. The van der Waals surface area contributed by atoms with Gasteiger partial charge in [-0.2, -0.15) is 0 Å². The molecule has 0 N–H and O–H groups in total. The van der Waals surface area contributed by atoms with Crippen molar-refractivity contribution in [2.45, 2.75) is 13.0 Å². The van der Waals surface area contributed by atoms with Gasteiger partial charge in [0.2, 0.25) is 0 Å². The number of benzene rings is 2. The molecule has 1 aliphatic rings. The van der Waals surface area contributed by atoms with Crippen LogP contribution < -0.4 is 4.74 Å². The van der Waals surface area contributed by atoms with Gasteiger partial charge in [-0.3, -0.25) is 9.88 Å². The van der Waals surface area contributed by atoms with E-state index in [1.54, 1.807) is 13.3 Å². The van der Waals surface area contributed by atoms with Crippen molar-refractivity contribution in [2.24, 2.45) is 0 Å². The van der Waals surface area contributed by atoms with Gasteiger partial charge in [-0.15, -0.1) is 0 Å². The van der Waals surface area contributed by atoms with Gasteiger partial charge in [-0.25, -0.2) is 4.39 Å². The molecule has 31 heavy (non-hydrogen) atoms. The highest BCUT2D eigenvalue weighted by Crippen LogP contribution is 2.34. The van der Waals surface area contributed by atoms with E-state index in [1.807, 2.05) is 42.5 Å². The van der Waals surface area contributed by atoms with E-state index in [4.69, 9.17) is 9.15 Å². The molecule has 0 spiro atoms. The van der Waals surface area contributed by atoms with E-state index in [0.29, 0.717) is 0 Å². The number of aromatic nitrogens is 1. The summed E-state index contributed by atoms with van der Waals surface area (Å²) in [5, 5.41) is 1.01. The molecule has 0 unspecified atom stereocenters. The van der Waals surface area contributed by atoms with E-state index in [9.17, 15) is 4.39 Å². The highest BCUT2D eigenvalue weighted by Gasteiger charge is 2.17. The molecule has 2 aromatic carbocycles. The summed E-state index contributed by atoms with van der Waals surface area (Å²) in [4.78, 5) is 6.78. The topological polar surface area (TPSA) is 38.5 Å². The summed E-state index contributed by atoms with van der Waals surface area (Å²) in [6.07, 6.45) is 4.94.